The third-order valence-electron chi connectivity index (χ3n) is 6.18. The third-order valence-corrected chi connectivity index (χ3v) is 10.0. The fourth-order valence-electron chi connectivity index (χ4n) is 4.75. The summed E-state index contributed by atoms with van der Waals surface area (Å²) in [4.78, 5) is 25.1. The number of hydrogen-bond acceptors (Lipinski definition) is 6. The number of sulfonamides is 1. The lowest BCUT2D eigenvalue weighted by Crippen LogP contribution is -2.40. The van der Waals surface area contributed by atoms with Gasteiger partial charge in [0.1, 0.15) is 5.60 Å². The van der Waals surface area contributed by atoms with Crippen molar-refractivity contribution in [2.24, 2.45) is 5.92 Å². The molecule has 0 aliphatic carbocycles. The van der Waals surface area contributed by atoms with E-state index in [-0.39, 0.29) is 17.3 Å². The number of carbonyl (C=O) groups excluding carboxylic acids is 1. The van der Waals surface area contributed by atoms with Crippen molar-refractivity contribution in [1.82, 2.24) is 4.31 Å². The Labute approximate surface area is 238 Å². The van der Waals surface area contributed by atoms with Crippen molar-refractivity contribution in [3.63, 3.8) is 0 Å². The normalized spacial score (nSPS) is 22.4. The van der Waals surface area contributed by atoms with Gasteiger partial charge in [0.15, 0.2) is 0 Å². The molecule has 1 aliphatic heterocycles. The van der Waals surface area contributed by atoms with E-state index in [9.17, 15) is 23.1 Å². The summed E-state index contributed by atoms with van der Waals surface area (Å²) in [5.74, 6) is -2.25. The molecular weight excluding hydrogens is 569 g/mol. The van der Waals surface area contributed by atoms with Gasteiger partial charge in [-0.2, -0.15) is 16.1 Å². The van der Waals surface area contributed by atoms with Gasteiger partial charge < -0.3 is 9.84 Å². The molecule has 1 saturated heterocycles. The minimum Gasteiger partial charge on any atom is -0.481 e. The van der Waals surface area contributed by atoms with Crippen LogP contribution in [0.5, 0.6) is 0 Å². The summed E-state index contributed by atoms with van der Waals surface area (Å²) in [6.45, 7) is 7.27. The summed E-state index contributed by atoms with van der Waals surface area (Å²) in [5.41, 5.74) is -0.0947. The number of esters is 1. The number of ether oxygens (including phenoxy) is 1. The van der Waals surface area contributed by atoms with Crippen LogP contribution < -0.4 is 0 Å². The van der Waals surface area contributed by atoms with E-state index < -0.39 is 44.8 Å². The molecule has 2 unspecified atom stereocenters. The monoisotopic (exact) mass is 601 g/mol. The number of halogens is 2. The Bertz CT molecular complexity index is 1230. The highest BCUT2D eigenvalue weighted by molar-refractivity contribution is 8.00. The van der Waals surface area contributed by atoms with Crippen LogP contribution in [0, 0.1) is 5.92 Å². The molecule has 0 bridgehead atoms. The number of nitrogens with zero attached hydrogens (tertiary/aromatic N) is 1. The van der Waals surface area contributed by atoms with E-state index in [0.717, 1.165) is 0 Å². The van der Waals surface area contributed by atoms with E-state index in [4.69, 9.17) is 27.9 Å². The Hall–Kier alpha value is -1.78. The highest BCUT2D eigenvalue weighted by Crippen LogP contribution is 2.50. The Morgan fingerprint density at radius 3 is 2.08 bits per heavy atom. The van der Waals surface area contributed by atoms with E-state index in [1.807, 2.05) is 6.92 Å². The molecule has 11 heteroatoms. The lowest BCUT2D eigenvalue weighted by atomic mass is 9.92. The van der Waals surface area contributed by atoms with E-state index in [1.54, 1.807) is 45.0 Å². The van der Waals surface area contributed by atoms with Crippen LogP contribution in [0.4, 0.5) is 0 Å². The molecule has 38 heavy (non-hydrogen) atoms. The van der Waals surface area contributed by atoms with Crippen LogP contribution in [0.1, 0.15) is 58.6 Å². The minimum absolute atomic E-state index is 0.0329. The zero-order chi connectivity index (χ0) is 28.3. The molecule has 208 valence electrons. The summed E-state index contributed by atoms with van der Waals surface area (Å²) >= 11 is 13.4. The molecule has 1 aliphatic rings. The topological polar surface area (TPSA) is 101 Å². The average molecular weight is 603 g/mol. The van der Waals surface area contributed by atoms with Crippen molar-refractivity contribution in [2.75, 3.05) is 5.75 Å². The Morgan fingerprint density at radius 2 is 1.58 bits per heavy atom. The van der Waals surface area contributed by atoms with Crippen LogP contribution in [-0.2, 0) is 24.3 Å². The van der Waals surface area contributed by atoms with Gasteiger partial charge in [0.25, 0.3) is 0 Å². The predicted molar refractivity (Wildman–Crippen MR) is 151 cm³/mol. The first-order chi connectivity index (χ1) is 17.8. The molecule has 7 nitrogen and oxygen atoms in total. The summed E-state index contributed by atoms with van der Waals surface area (Å²) in [6.07, 6.45) is 1.17. The molecule has 0 saturated carbocycles. The molecular formula is C27H33Cl2NO6S2. The van der Waals surface area contributed by atoms with Crippen molar-refractivity contribution in [2.45, 2.75) is 74.8 Å². The van der Waals surface area contributed by atoms with E-state index in [1.165, 1.54) is 40.3 Å². The maximum absolute atomic E-state index is 14.1. The van der Waals surface area contributed by atoms with Gasteiger partial charge in [-0.1, -0.05) is 48.7 Å². The zero-order valence-electron chi connectivity index (χ0n) is 21.8. The van der Waals surface area contributed by atoms with E-state index in [2.05, 4.69) is 0 Å². The Kier molecular flexibility index (Phi) is 10.2. The molecule has 0 radical (unpaired) electrons. The number of carboxylic acid groups (broad SMARTS) is 1. The summed E-state index contributed by atoms with van der Waals surface area (Å²) in [6, 6.07) is 10.9. The van der Waals surface area contributed by atoms with E-state index >= 15 is 0 Å². The van der Waals surface area contributed by atoms with Crippen molar-refractivity contribution in [3.8, 4) is 0 Å². The second-order valence-corrected chi connectivity index (χ2v) is 14.2. The third kappa shape index (κ3) is 7.24. The van der Waals surface area contributed by atoms with Crippen molar-refractivity contribution >= 4 is 56.9 Å². The van der Waals surface area contributed by atoms with Gasteiger partial charge in [0.2, 0.25) is 10.0 Å². The molecule has 4 atom stereocenters. The van der Waals surface area contributed by atoms with Gasteiger partial charge >= 0.3 is 11.9 Å². The number of carboxylic acids is 1. The highest BCUT2D eigenvalue weighted by atomic mass is 35.5. The Balaban J connectivity index is 2.07. The van der Waals surface area contributed by atoms with Crippen LogP contribution in [0.25, 0.3) is 0 Å². The second-order valence-electron chi connectivity index (χ2n) is 10.2. The first-order valence-corrected chi connectivity index (χ1v) is 15.6. The summed E-state index contributed by atoms with van der Waals surface area (Å²) in [7, 11) is -4.13. The van der Waals surface area contributed by atoms with Gasteiger partial charge in [-0.05, 0) is 69.2 Å². The molecule has 1 fully saturated rings. The van der Waals surface area contributed by atoms with Gasteiger partial charge in [0, 0.05) is 27.1 Å². The maximum atomic E-state index is 14.1. The smallest absolute Gasteiger partial charge is 0.309 e. The van der Waals surface area contributed by atoms with Gasteiger partial charge in [-0.3, -0.25) is 9.59 Å². The average Bonchev–Trinajstić information content (AvgIpc) is 3.14. The van der Waals surface area contributed by atoms with Crippen molar-refractivity contribution in [1.29, 1.82) is 0 Å². The molecule has 2 aromatic carbocycles. The van der Waals surface area contributed by atoms with Crippen molar-refractivity contribution in [3.05, 3.63) is 64.1 Å². The molecule has 0 spiro atoms. The fourth-order valence-corrected chi connectivity index (χ4v) is 8.46. The molecule has 0 aromatic heterocycles. The molecule has 1 N–H and O–H groups in total. The minimum atomic E-state index is -4.13. The summed E-state index contributed by atoms with van der Waals surface area (Å²) < 4.78 is 35.0. The number of benzene rings is 2. The molecule has 1 heterocycles. The van der Waals surface area contributed by atoms with Crippen LogP contribution in [0.2, 0.25) is 10.0 Å². The van der Waals surface area contributed by atoms with Crippen LogP contribution in [0.3, 0.4) is 0 Å². The highest BCUT2D eigenvalue weighted by Gasteiger charge is 2.57. The quantitative estimate of drug-likeness (QED) is 0.312. The van der Waals surface area contributed by atoms with Gasteiger partial charge in [-0.15, -0.1) is 0 Å². The zero-order valence-corrected chi connectivity index (χ0v) is 24.9. The number of thioether (sulfide) groups is 1. The van der Waals surface area contributed by atoms with E-state index in [0.29, 0.717) is 34.2 Å². The molecule has 0 amide bonds. The number of carbonyl (C=O) groups is 2. The predicted octanol–water partition coefficient (Wildman–Crippen LogP) is 6.44. The maximum Gasteiger partial charge on any atom is 0.309 e. The SMILES string of the molecule is CCCC1[C@@H](SCCC(=O)OC(C)(C)C)[C@@H](C(=O)O)C(c2ccc(Cl)cc2)N1S(=O)(=O)c1ccc(Cl)cc1. The lowest BCUT2D eigenvalue weighted by molar-refractivity contribution is -0.154. The molecule has 3 rings (SSSR count). The lowest BCUT2D eigenvalue weighted by Gasteiger charge is -2.31. The number of hydrogen-bond donors (Lipinski definition) is 1. The van der Waals surface area contributed by atoms with Gasteiger partial charge in [-0.25, -0.2) is 8.42 Å². The second kappa shape index (κ2) is 12.6. The fraction of sp³-hybridized carbons (Fsp3) is 0.481. The standard InChI is InChI=1S/C27H33Cl2NO6S2/c1-5-6-21-25(37-16-15-22(31)36-27(2,3)4)23(26(32)33)24(17-7-9-18(28)10-8-17)30(21)38(34,35)20-13-11-19(29)12-14-20/h7-14,21,23-25H,5-6,15-16H2,1-4H3,(H,32,33)/t21?,23-,24?,25+/m0/s1. The number of aliphatic carboxylic acids is 1. The largest absolute Gasteiger partial charge is 0.481 e. The van der Waals surface area contributed by atoms with Crippen molar-refractivity contribution < 1.29 is 27.9 Å². The summed E-state index contributed by atoms with van der Waals surface area (Å²) in [5, 5.41) is 10.7. The van der Waals surface area contributed by atoms with Crippen LogP contribution in [-0.4, -0.2) is 52.4 Å². The molecule has 2 aromatic rings. The van der Waals surface area contributed by atoms with Crippen LogP contribution in [0.15, 0.2) is 53.4 Å². The first kappa shape index (κ1) is 30.8. The van der Waals surface area contributed by atoms with Gasteiger partial charge in [0.05, 0.1) is 23.3 Å². The Morgan fingerprint density at radius 1 is 1.03 bits per heavy atom. The number of rotatable bonds is 10. The van der Waals surface area contributed by atoms with Crippen LogP contribution >= 0.6 is 35.0 Å². The first-order valence-electron chi connectivity index (χ1n) is 12.4.